The number of nitrogens with zero attached hydrogens (tertiary/aromatic N) is 1. The predicted molar refractivity (Wildman–Crippen MR) is 72.1 cm³/mol. The zero-order chi connectivity index (χ0) is 13.8. The first-order valence-electron chi connectivity index (χ1n) is 6.34. The van der Waals surface area contributed by atoms with Gasteiger partial charge in [-0.15, -0.1) is 0 Å². The normalized spacial score (nSPS) is 18.2. The molecule has 0 bridgehead atoms. The van der Waals surface area contributed by atoms with Gasteiger partial charge in [0.15, 0.2) is 0 Å². The van der Waals surface area contributed by atoms with Crippen LogP contribution in [0.3, 0.4) is 0 Å². The quantitative estimate of drug-likeness (QED) is 0.839. The SMILES string of the molecule is CNc1ccccc1C(=O)N1CCCC1C(=O)OC. The number of amides is 1. The number of benzene rings is 1. The first-order chi connectivity index (χ1) is 9.19. The molecule has 1 aliphatic rings. The largest absolute Gasteiger partial charge is 0.467 e. The Labute approximate surface area is 112 Å². The summed E-state index contributed by atoms with van der Waals surface area (Å²) < 4.78 is 4.76. The van der Waals surface area contributed by atoms with Gasteiger partial charge in [-0.25, -0.2) is 4.79 Å². The van der Waals surface area contributed by atoms with Crippen LogP contribution in [-0.2, 0) is 9.53 Å². The maximum atomic E-state index is 12.5. The van der Waals surface area contributed by atoms with Crippen LogP contribution in [0.5, 0.6) is 0 Å². The molecule has 0 spiro atoms. The monoisotopic (exact) mass is 262 g/mol. The summed E-state index contributed by atoms with van der Waals surface area (Å²) in [6, 6.07) is 6.83. The summed E-state index contributed by atoms with van der Waals surface area (Å²) in [4.78, 5) is 25.8. The second kappa shape index (κ2) is 5.73. The number of carbonyl (C=O) groups is 2. The Kier molecular flexibility index (Phi) is 4.04. The van der Waals surface area contributed by atoms with E-state index in [1.807, 2.05) is 18.2 Å². The molecule has 5 heteroatoms. The van der Waals surface area contributed by atoms with Gasteiger partial charge in [0.1, 0.15) is 6.04 Å². The van der Waals surface area contributed by atoms with Crippen molar-refractivity contribution in [1.29, 1.82) is 0 Å². The van der Waals surface area contributed by atoms with Gasteiger partial charge >= 0.3 is 5.97 Å². The number of para-hydroxylation sites is 1. The Bertz CT molecular complexity index is 487. The summed E-state index contributed by atoms with van der Waals surface area (Å²) in [6.07, 6.45) is 1.49. The summed E-state index contributed by atoms with van der Waals surface area (Å²) in [5, 5.41) is 2.99. The number of rotatable bonds is 3. The van der Waals surface area contributed by atoms with E-state index in [0.29, 0.717) is 18.5 Å². The Morgan fingerprint density at radius 3 is 2.79 bits per heavy atom. The standard InChI is InChI=1S/C14H18N2O3/c1-15-11-7-4-3-6-10(11)13(17)16-9-5-8-12(16)14(18)19-2/h3-4,6-7,12,15H,5,8-9H2,1-2H3. The van der Waals surface area contributed by atoms with Crippen LogP contribution in [0, 0.1) is 0 Å². The summed E-state index contributed by atoms with van der Waals surface area (Å²) in [5.41, 5.74) is 1.35. The van der Waals surface area contributed by atoms with E-state index in [9.17, 15) is 9.59 Å². The van der Waals surface area contributed by atoms with E-state index < -0.39 is 6.04 Å². The molecule has 1 amide bonds. The van der Waals surface area contributed by atoms with Crippen molar-refractivity contribution in [3.63, 3.8) is 0 Å². The zero-order valence-corrected chi connectivity index (χ0v) is 11.2. The lowest BCUT2D eigenvalue weighted by Gasteiger charge is -2.23. The highest BCUT2D eigenvalue weighted by Crippen LogP contribution is 2.24. The van der Waals surface area contributed by atoms with Gasteiger partial charge in [-0.3, -0.25) is 4.79 Å². The first kappa shape index (κ1) is 13.4. The Morgan fingerprint density at radius 2 is 2.11 bits per heavy atom. The van der Waals surface area contributed by atoms with Crippen LogP contribution in [0.2, 0.25) is 0 Å². The van der Waals surface area contributed by atoms with Crippen molar-refractivity contribution in [2.45, 2.75) is 18.9 Å². The van der Waals surface area contributed by atoms with Crippen LogP contribution in [0.1, 0.15) is 23.2 Å². The third-order valence-electron chi connectivity index (χ3n) is 3.41. The van der Waals surface area contributed by atoms with Crippen molar-refractivity contribution in [2.75, 3.05) is 26.0 Å². The fraction of sp³-hybridized carbons (Fsp3) is 0.429. The number of carbonyl (C=O) groups excluding carboxylic acids is 2. The van der Waals surface area contributed by atoms with Gasteiger partial charge in [0.25, 0.3) is 5.91 Å². The van der Waals surface area contributed by atoms with Gasteiger partial charge in [0.05, 0.1) is 12.7 Å². The van der Waals surface area contributed by atoms with Gasteiger partial charge < -0.3 is 15.0 Å². The van der Waals surface area contributed by atoms with Crippen molar-refractivity contribution in [3.05, 3.63) is 29.8 Å². The molecule has 1 aromatic rings. The molecule has 1 aliphatic heterocycles. The number of hydrogen-bond donors (Lipinski definition) is 1. The highest BCUT2D eigenvalue weighted by molar-refractivity contribution is 6.01. The summed E-state index contributed by atoms with van der Waals surface area (Å²) >= 11 is 0. The van der Waals surface area contributed by atoms with Gasteiger partial charge in [0.2, 0.25) is 0 Å². The van der Waals surface area contributed by atoms with Crippen LogP contribution in [0.25, 0.3) is 0 Å². The smallest absolute Gasteiger partial charge is 0.328 e. The Hall–Kier alpha value is -2.04. The van der Waals surface area contributed by atoms with E-state index in [1.54, 1.807) is 18.0 Å². The lowest BCUT2D eigenvalue weighted by atomic mass is 10.1. The molecule has 1 aromatic carbocycles. The highest BCUT2D eigenvalue weighted by atomic mass is 16.5. The van der Waals surface area contributed by atoms with E-state index in [4.69, 9.17) is 4.74 Å². The van der Waals surface area contributed by atoms with E-state index >= 15 is 0 Å². The van der Waals surface area contributed by atoms with Crippen LogP contribution < -0.4 is 5.32 Å². The molecule has 102 valence electrons. The maximum absolute atomic E-state index is 12.5. The molecule has 1 heterocycles. The Balaban J connectivity index is 2.26. The number of methoxy groups -OCH3 is 1. The van der Waals surface area contributed by atoms with Crippen molar-refractivity contribution >= 4 is 17.6 Å². The van der Waals surface area contributed by atoms with Gasteiger partial charge in [-0.2, -0.15) is 0 Å². The summed E-state index contributed by atoms with van der Waals surface area (Å²) in [5.74, 6) is -0.467. The average Bonchev–Trinajstić information content (AvgIpc) is 2.95. The molecule has 19 heavy (non-hydrogen) atoms. The second-order valence-electron chi connectivity index (χ2n) is 4.48. The summed E-state index contributed by atoms with van der Waals surface area (Å²) in [7, 11) is 3.12. The van der Waals surface area contributed by atoms with Crippen LogP contribution >= 0.6 is 0 Å². The molecule has 5 nitrogen and oxygen atoms in total. The molecule has 2 rings (SSSR count). The minimum Gasteiger partial charge on any atom is -0.467 e. The fourth-order valence-corrected chi connectivity index (χ4v) is 2.43. The number of esters is 1. The topological polar surface area (TPSA) is 58.6 Å². The minimum absolute atomic E-state index is 0.127. The Morgan fingerprint density at radius 1 is 1.37 bits per heavy atom. The lowest BCUT2D eigenvalue weighted by molar-refractivity contribution is -0.145. The summed E-state index contributed by atoms with van der Waals surface area (Å²) in [6.45, 7) is 0.594. The second-order valence-corrected chi connectivity index (χ2v) is 4.48. The molecule has 0 radical (unpaired) electrons. The van der Waals surface area contributed by atoms with Crippen molar-refractivity contribution in [2.24, 2.45) is 0 Å². The third kappa shape index (κ3) is 2.54. The van der Waals surface area contributed by atoms with Crippen molar-refractivity contribution in [1.82, 2.24) is 4.90 Å². The number of nitrogens with one attached hydrogen (secondary N) is 1. The molecule has 1 unspecified atom stereocenters. The molecule has 0 aromatic heterocycles. The maximum Gasteiger partial charge on any atom is 0.328 e. The molecule has 0 aliphatic carbocycles. The van der Waals surface area contributed by atoms with Crippen molar-refractivity contribution in [3.8, 4) is 0 Å². The van der Waals surface area contributed by atoms with Crippen LogP contribution in [0.4, 0.5) is 5.69 Å². The van der Waals surface area contributed by atoms with E-state index in [1.165, 1.54) is 7.11 Å². The number of ether oxygens (including phenoxy) is 1. The molecular weight excluding hydrogens is 244 g/mol. The number of anilines is 1. The van der Waals surface area contributed by atoms with E-state index in [0.717, 1.165) is 12.1 Å². The highest BCUT2D eigenvalue weighted by Gasteiger charge is 2.35. The molecule has 1 saturated heterocycles. The first-order valence-corrected chi connectivity index (χ1v) is 6.34. The van der Waals surface area contributed by atoms with Gasteiger partial charge in [-0.1, -0.05) is 12.1 Å². The average molecular weight is 262 g/mol. The van der Waals surface area contributed by atoms with E-state index in [2.05, 4.69) is 5.32 Å². The fourth-order valence-electron chi connectivity index (χ4n) is 2.43. The lowest BCUT2D eigenvalue weighted by Crippen LogP contribution is -2.41. The van der Waals surface area contributed by atoms with Crippen LogP contribution in [0.15, 0.2) is 24.3 Å². The predicted octanol–water partition coefficient (Wildman–Crippen LogP) is 1.51. The number of hydrogen-bond acceptors (Lipinski definition) is 4. The molecule has 1 fully saturated rings. The molecular formula is C14H18N2O3. The van der Waals surface area contributed by atoms with Gasteiger partial charge in [0, 0.05) is 19.3 Å². The molecule has 1 N–H and O–H groups in total. The molecule has 1 atom stereocenters. The third-order valence-corrected chi connectivity index (χ3v) is 3.41. The number of likely N-dealkylation sites (tertiary alicyclic amines) is 1. The minimum atomic E-state index is -0.456. The van der Waals surface area contributed by atoms with Crippen LogP contribution in [-0.4, -0.2) is 43.5 Å². The van der Waals surface area contributed by atoms with E-state index in [-0.39, 0.29) is 11.9 Å². The van der Waals surface area contributed by atoms with Gasteiger partial charge in [-0.05, 0) is 25.0 Å². The zero-order valence-electron chi connectivity index (χ0n) is 11.2. The van der Waals surface area contributed by atoms with Crippen molar-refractivity contribution < 1.29 is 14.3 Å². The molecule has 0 saturated carbocycles.